The second kappa shape index (κ2) is 13.0. The Labute approximate surface area is 256 Å². The molecule has 0 radical (unpaired) electrons. The van der Waals surface area contributed by atoms with Gasteiger partial charge in [0.05, 0.1) is 30.5 Å². The Morgan fingerprint density at radius 2 is 1.82 bits per heavy atom. The molecule has 1 unspecified atom stereocenters. The fourth-order valence-corrected chi connectivity index (χ4v) is 5.49. The van der Waals surface area contributed by atoms with Crippen molar-refractivity contribution in [3.8, 4) is 0 Å². The van der Waals surface area contributed by atoms with E-state index >= 15 is 0 Å². The van der Waals surface area contributed by atoms with E-state index in [9.17, 15) is 9.59 Å². The van der Waals surface area contributed by atoms with E-state index in [0.29, 0.717) is 44.4 Å². The lowest BCUT2D eigenvalue weighted by atomic mass is 10.1. The average molecular weight is 593 g/mol. The predicted molar refractivity (Wildman–Crippen MR) is 170 cm³/mol. The number of rotatable bonds is 8. The Balaban J connectivity index is 1.18. The number of pyridine rings is 1. The van der Waals surface area contributed by atoms with Gasteiger partial charge in [0, 0.05) is 49.3 Å². The summed E-state index contributed by atoms with van der Waals surface area (Å²) in [4.78, 5) is 38.8. The largest absolute Gasteiger partial charge is 0.378 e. The van der Waals surface area contributed by atoms with Gasteiger partial charge in [0.2, 0.25) is 0 Å². The minimum Gasteiger partial charge on any atom is -0.378 e. The molecule has 1 saturated heterocycles. The average Bonchev–Trinajstić information content (AvgIpc) is 3.55. The number of imidazole rings is 1. The zero-order valence-corrected chi connectivity index (χ0v) is 24.9. The van der Waals surface area contributed by atoms with Gasteiger partial charge in [-0.1, -0.05) is 43.3 Å². The van der Waals surface area contributed by atoms with Gasteiger partial charge < -0.3 is 35.1 Å². The van der Waals surface area contributed by atoms with Crippen LogP contribution in [0.2, 0.25) is 0 Å². The maximum Gasteiger partial charge on any atom is 0.319 e. The number of morpholine rings is 1. The number of carbonyl (C=O) groups excluding carboxylic acids is 2. The van der Waals surface area contributed by atoms with Crippen molar-refractivity contribution in [2.24, 2.45) is 0 Å². The second-order valence-corrected chi connectivity index (χ2v) is 10.8. The lowest BCUT2D eigenvalue weighted by molar-refractivity contribution is 0.0302. The SMILES string of the molecule is CCC(NC(=O)Nc1cccc(N2C=C(Nc3ccc(C(=O)N4CCOCC4)cn3)c3nccn3C2)c1C)c1ccccc1. The van der Waals surface area contributed by atoms with Gasteiger partial charge in [0.25, 0.3) is 5.91 Å². The molecule has 1 atom stereocenters. The zero-order valence-electron chi connectivity index (χ0n) is 24.9. The lowest BCUT2D eigenvalue weighted by Gasteiger charge is -2.30. The summed E-state index contributed by atoms with van der Waals surface area (Å²) in [6.07, 6.45) is 8.05. The summed E-state index contributed by atoms with van der Waals surface area (Å²) >= 11 is 0. The highest BCUT2D eigenvalue weighted by Gasteiger charge is 2.23. The van der Waals surface area contributed by atoms with Crippen molar-refractivity contribution in [1.29, 1.82) is 0 Å². The van der Waals surface area contributed by atoms with E-state index in [-0.39, 0.29) is 18.0 Å². The van der Waals surface area contributed by atoms with Crippen LogP contribution in [0.25, 0.3) is 5.70 Å². The maximum absolute atomic E-state index is 13.0. The minimum atomic E-state index is -0.254. The van der Waals surface area contributed by atoms with E-state index in [4.69, 9.17) is 4.74 Å². The highest BCUT2D eigenvalue weighted by Crippen LogP contribution is 2.32. The number of fused-ring (bicyclic) bond motifs is 1. The number of hydrogen-bond donors (Lipinski definition) is 3. The molecule has 0 bridgehead atoms. The minimum absolute atomic E-state index is 0.0473. The van der Waals surface area contributed by atoms with Gasteiger partial charge in [-0.25, -0.2) is 14.8 Å². The molecule has 1 fully saturated rings. The van der Waals surface area contributed by atoms with Crippen molar-refractivity contribution >= 4 is 34.8 Å². The number of urea groups is 1. The van der Waals surface area contributed by atoms with Gasteiger partial charge in [-0.2, -0.15) is 0 Å². The number of carbonyl (C=O) groups is 2. The summed E-state index contributed by atoms with van der Waals surface area (Å²) in [5.41, 5.74) is 4.96. The highest BCUT2D eigenvalue weighted by molar-refractivity contribution is 5.94. The Morgan fingerprint density at radius 1 is 1.00 bits per heavy atom. The lowest BCUT2D eigenvalue weighted by Crippen LogP contribution is -2.40. The van der Waals surface area contributed by atoms with Crippen LogP contribution in [0.4, 0.5) is 22.0 Å². The molecular weight excluding hydrogens is 556 g/mol. The van der Waals surface area contributed by atoms with Gasteiger partial charge in [0.15, 0.2) is 5.82 Å². The summed E-state index contributed by atoms with van der Waals surface area (Å²) in [5.74, 6) is 1.32. The number of ether oxygens (including phenoxy) is 1. The molecule has 2 aliphatic rings. The molecule has 6 rings (SSSR count). The molecule has 0 saturated carbocycles. The number of benzene rings is 2. The van der Waals surface area contributed by atoms with Crippen molar-refractivity contribution < 1.29 is 14.3 Å². The molecule has 0 aliphatic carbocycles. The monoisotopic (exact) mass is 592 g/mol. The summed E-state index contributed by atoms with van der Waals surface area (Å²) in [6, 6.07) is 19.1. The van der Waals surface area contributed by atoms with E-state index in [1.54, 1.807) is 29.4 Å². The fraction of sp³-hybridized carbons (Fsp3) is 0.273. The van der Waals surface area contributed by atoms with E-state index in [1.807, 2.05) is 72.4 Å². The van der Waals surface area contributed by atoms with Crippen LogP contribution < -0.4 is 20.9 Å². The van der Waals surface area contributed by atoms with Crippen LogP contribution >= 0.6 is 0 Å². The third-order valence-corrected chi connectivity index (χ3v) is 7.90. The van der Waals surface area contributed by atoms with Gasteiger partial charge in [-0.05, 0) is 48.7 Å². The molecule has 4 aromatic rings. The molecule has 11 heteroatoms. The first-order valence-electron chi connectivity index (χ1n) is 14.8. The van der Waals surface area contributed by atoms with Gasteiger partial charge in [-0.15, -0.1) is 0 Å². The Hall–Kier alpha value is -5.16. The van der Waals surface area contributed by atoms with Crippen molar-refractivity contribution in [3.05, 3.63) is 108 Å². The third-order valence-electron chi connectivity index (χ3n) is 7.90. The number of aromatic nitrogens is 3. The van der Waals surface area contributed by atoms with E-state index in [0.717, 1.165) is 40.4 Å². The molecule has 2 aliphatic heterocycles. The van der Waals surface area contributed by atoms with Crippen molar-refractivity contribution in [2.75, 3.05) is 41.8 Å². The predicted octanol–water partition coefficient (Wildman–Crippen LogP) is 5.22. The van der Waals surface area contributed by atoms with Crippen LogP contribution in [0.15, 0.2) is 85.5 Å². The summed E-state index contributed by atoms with van der Waals surface area (Å²) in [7, 11) is 0. The summed E-state index contributed by atoms with van der Waals surface area (Å²) in [5, 5.41) is 9.52. The molecule has 3 N–H and O–H groups in total. The van der Waals surface area contributed by atoms with Gasteiger partial charge in [-0.3, -0.25) is 4.79 Å². The first kappa shape index (κ1) is 28.9. The van der Waals surface area contributed by atoms with Crippen LogP contribution in [0.1, 0.15) is 46.7 Å². The van der Waals surface area contributed by atoms with Crippen LogP contribution in [0, 0.1) is 6.92 Å². The maximum atomic E-state index is 13.0. The summed E-state index contributed by atoms with van der Waals surface area (Å²) in [6.45, 7) is 6.86. The van der Waals surface area contributed by atoms with Crippen molar-refractivity contribution in [2.45, 2.75) is 33.0 Å². The molecule has 226 valence electrons. The zero-order chi connectivity index (χ0) is 30.5. The molecular formula is C33H36N8O3. The molecule has 3 amide bonds. The standard InChI is InChI=1S/C33H36N8O3/c1-3-26(24-8-5-4-6-9-24)37-33(43)38-27-10-7-11-29(23(27)2)41-21-28(31-34-14-15-40(31)22-41)36-30-13-12-25(20-35-30)32(42)39-16-18-44-19-17-39/h4-15,20-21,26H,3,16-19,22H2,1-2H3,(H,35,36)(H2,37,38,43). The van der Waals surface area contributed by atoms with E-state index in [2.05, 4.69) is 37.7 Å². The smallest absolute Gasteiger partial charge is 0.319 e. The third kappa shape index (κ3) is 6.28. The van der Waals surface area contributed by atoms with Gasteiger partial charge >= 0.3 is 6.03 Å². The van der Waals surface area contributed by atoms with Crippen LogP contribution in [-0.4, -0.2) is 57.7 Å². The number of nitrogens with zero attached hydrogens (tertiary/aromatic N) is 5. The molecule has 4 heterocycles. The van der Waals surface area contributed by atoms with E-state index < -0.39 is 0 Å². The molecule has 11 nitrogen and oxygen atoms in total. The van der Waals surface area contributed by atoms with Gasteiger partial charge in [0.1, 0.15) is 12.5 Å². The Kier molecular flexibility index (Phi) is 8.55. The fourth-order valence-electron chi connectivity index (χ4n) is 5.49. The first-order valence-corrected chi connectivity index (χ1v) is 14.8. The highest BCUT2D eigenvalue weighted by atomic mass is 16.5. The van der Waals surface area contributed by atoms with Crippen LogP contribution in [-0.2, 0) is 11.4 Å². The molecule has 2 aromatic carbocycles. The van der Waals surface area contributed by atoms with E-state index in [1.165, 1.54) is 0 Å². The molecule has 2 aromatic heterocycles. The first-order chi connectivity index (χ1) is 21.5. The second-order valence-electron chi connectivity index (χ2n) is 10.8. The Morgan fingerprint density at radius 3 is 2.57 bits per heavy atom. The van der Waals surface area contributed by atoms with Crippen molar-refractivity contribution in [1.82, 2.24) is 24.8 Å². The number of anilines is 3. The summed E-state index contributed by atoms with van der Waals surface area (Å²) < 4.78 is 7.40. The van der Waals surface area contributed by atoms with Crippen molar-refractivity contribution in [3.63, 3.8) is 0 Å². The number of amides is 3. The molecule has 0 spiro atoms. The van der Waals surface area contributed by atoms with Crippen LogP contribution in [0.3, 0.4) is 0 Å². The number of hydrogen-bond acceptors (Lipinski definition) is 7. The molecule has 44 heavy (non-hydrogen) atoms. The Bertz CT molecular complexity index is 1650. The van der Waals surface area contributed by atoms with Crippen LogP contribution in [0.5, 0.6) is 0 Å². The topological polar surface area (TPSA) is 117 Å². The number of nitrogens with one attached hydrogen (secondary N) is 3. The quantitative estimate of drug-likeness (QED) is 0.257. The normalized spacial score (nSPS) is 15.2.